The van der Waals surface area contributed by atoms with Gasteiger partial charge in [-0.15, -0.1) is 0 Å². The second-order valence-electron chi connectivity index (χ2n) is 3.97. The summed E-state index contributed by atoms with van der Waals surface area (Å²) in [5, 5.41) is 0. The van der Waals surface area contributed by atoms with E-state index in [1.807, 2.05) is 30.0 Å². The molecular formula is C13H17Br2NO. The van der Waals surface area contributed by atoms with Gasteiger partial charge in [0.1, 0.15) is 0 Å². The van der Waals surface area contributed by atoms with Gasteiger partial charge in [-0.25, -0.2) is 0 Å². The fourth-order valence-corrected chi connectivity index (χ4v) is 2.47. The molecule has 0 bridgehead atoms. The molecule has 0 heterocycles. The van der Waals surface area contributed by atoms with Crippen LogP contribution < -0.4 is 0 Å². The Labute approximate surface area is 120 Å². The maximum absolute atomic E-state index is 12.4. The van der Waals surface area contributed by atoms with E-state index < -0.39 is 0 Å². The lowest BCUT2D eigenvalue weighted by Gasteiger charge is -2.27. The van der Waals surface area contributed by atoms with Gasteiger partial charge in [-0.2, -0.15) is 0 Å². The van der Waals surface area contributed by atoms with Crippen LogP contribution in [-0.4, -0.2) is 23.4 Å². The normalized spacial score (nSPS) is 12.3. The van der Waals surface area contributed by atoms with Crippen molar-refractivity contribution in [1.29, 1.82) is 0 Å². The molecule has 0 aliphatic carbocycles. The molecule has 1 atom stereocenters. The van der Waals surface area contributed by atoms with Crippen LogP contribution in [0.25, 0.3) is 0 Å². The van der Waals surface area contributed by atoms with E-state index >= 15 is 0 Å². The van der Waals surface area contributed by atoms with Gasteiger partial charge >= 0.3 is 0 Å². The van der Waals surface area contributed by atoms with Crippen LogP contribution in [0.2, 0.25) is 0 Å². The van der Waals surface area contributed by atoms with E-state index in [0.717, 1.165) is 21.9 Å². The number of halogens is 2. The fraction of sp³-hybridized carbons (Fsp3) is 0.462. The first-order valence-corrected chi connectivity index (χ1v) is 7.35. The van der Waals surface area contributed by atoms with Crippen molar-refractivity contribution < 1.29 is 4.79 Å². The first kappa shape index (κ1) is 14.7. The average molecular weight is 363 g/mol. The molecule has 0 aliphatic heterocycles. The van der Waals surface area contributed by atoms with Crippen LogP contribution in [0.3, 0.4) is 0 Å². The number of hydrogen-bond acceptors (Lipinski definition) is 1. The standard InChI is InChI=1S/C13H17Br2NO/c1-4-9(3)16(5-2)13(17)11-8-10(14)6-7-12(11)15/h6-9H,4-5H2,1-3H3. The lowest BCUT2D eigenvalue weighted by Crippen LogP contribution is -2.38. The Morgan fingerprint density at radius 3 is 2.53 bits per heavy atom. The van der Waals surface area contributed by atoms with E-state index in [0.29, 0.717) is 5.56 Å². The molecule has 0 aliphatic rings. The highest BCUT2D eigenvalue weighted by Gasteiger charge is 2.20. The van der Waals surface area contributed by atoms with Crippen molar-refractivity contribution in [1.82, 2.24) is 4.90 Å². The van der Waals surface area contributed by atoms with Crippen LogP contribution in [0.15, 0.2) is 27.1 Å². The van der Waals surface area contributed by atoms with Crippen molar-refractivity contribution in [3.05, 3.63) is 32.7 Å². The minimum absolute atomic E-state index is 0.0787. The van der Waals surface area contributed by atoms with E-state index in [4.69, 9.17) is 0 Å². The van der Waals surface area contributed by atoms with Gasteiger partial charge in [0.25, 0.3) is 5.91 Å². The van der Waals surface area contributed by atoms with Gasteiger partial charge in [0.05, 0.1) is 5.56 Å². The number of benzene rings is 1. The third-order valence-electron chi connectivity index (χ3n) is 2.88. The van der Waals surface area contributed by atoms with Crippen molar-refractivity contribution >= 4 is 37.8 Å². The molecule has 1 unspecified atom stereocenters. The summed E-state index contributed by atoms with van der Waals surface area (Å²) in [5.74, 6) is 0.0787. The van der Waals surface area contributed by atoms with E-state index in [1.165, 1.54) is 0 Å². The summed E-state index contributed by atoms with van der Waals surface area (Å²) in [6.45, 7) is 6.91. The zero-order valence-electron chi connectivity index (χ0n) is 10.3. The zero-order chi connectivity index (χ0) is 13.0. The maximum Gasteiger partial charge on any atom is 0.255 e. The van der Waals surface area contributed by atoms with E-state index in [-0.39, 0.29) is 11.9 Å². The van der Waals surface area contributed by atoms with Crippen LogP contribution in [0.1, 0.15) is 37.6 Å². The molecule has 0 N–H and O–H groups in total. The van der Waals surface area contributed by atoms with E-state index in [9.17, 15) is 4.79 Å². The Morgan fingerprint density at radius 2 is 2.00 bits per heavy atom. The summed E-state index contributed by atoms with van der Waals surface area (Å²) in [5.41, 5.74) is 0.710. The molecule has 0 spiro atoms. The van der Waals surface area contributed by atoms with Gasteiger partial charge in [-0.05, 0) is 54.4 Å². The zero-order valence-corrected chi connectivity index (χ0v) is 13.5. The van der Waals surface area contributed by atoms with Gasteiger partial charge in [-0.3, -0.25) is 4.79 Å². The predicted octanol–water partition coefficient (Wildman–Crippen LogP) is 4.47. The molecule has 0 saturated heterocycles. The number of hydrogen-bond donors (Lipinski definition) is 0. The van der Waals surface area contributed by atoms with E-state index in [2.05, 4.69) is 45.7 Å². The SMILES string of the molecule is CCC(C)N(CC)C(=O)c1cc(Br)ccc1Br. The van der Waals surface area contributed by atoms with Crippen LogP contribution in [0.4, 0.5) is 0 Å². The molecule has 0 saturated carbocycles. The van der Waals surface area contributed by atoms with Crippen molar-refractivity contribution in [2.45, 2.75) is 33.2 Å². The fourth-order valence-electron chi connectivity index (χ4n) is 1.69. The Kier molecular flexibility index (Phi) is 5.67. The summed E-state index contributed by atoms with van der Waals surface area (Å²) in [6.07, 6.45) is 0.963. The summed E-state index contributed by atoms with van der Waals surface area (Å²) >= 11 is 6.83. The quantitative estimate of drug-likeness (QED) is 0.773. The highest BCUT2D eigenvalue weighted by atomic mass is 79.9. The van der Waals surface area contributed by atoms with Crippen molar-refractivity contribution in [3.8, 4) is 0 Å². The molecule has 2 nitrogen and oxygen atoms in total. The Morgan fingerprint density at radius 1 is 1.35 bits per heavy atom. The highest BCUT2D eigenvalue weighted by Crippen LogP contribution is 2.23. The molecule has 1 amide bonds. The molecule has 94 valence electrons. The van der Waals surface area contributed by atoms with Crippen LogP contribution in [0.5, 0.6) is 0 Å². The Balaban J connectivity index is 3.05. The first-order chi connectivity index (χ1) is 8.01. The van der Waals surface area contributed by atoms with E-state index in [1.54, 1.807) is 0 Å². The molecule has 17 heavy (non-hydrogen) atoms. The van der Waals surface area contributed by atoms with Crippen LogP contribution in [0, 0.1) is 0 Å². The number of rotatable bonds is 4. The monoisotopic (exact) mass is 361 g/mol. The smallest absolute Gasteiger partial charge is 0.255 e. The topological polar surface area (TPSA) is 20.3 Å². The van der Waals surface area contributed by atoms with Gasteiger partial charge in [0.15, 0.2) is 0 Å². The van der Waals surface area contributed by atoms with Crippen LogP contribution >= 0.6 is 31.9 Å². The second-order valence-corrected chi connectivity index (χ2v) is 5.74. The summed E-state index contributed by atoms with van der Waals surface area (Å²) in [6, 6.07) is 5.93. The minimum atomic E-state index is 0.0787. The van der Waals surface area contributed by atoms with Crippen molar-refractivity contribution in [3.63, 3.8) is 0 Å². The summed E-state index contributed by atoms with van der Waals surface area (Å²) in [4.78, 5) is 14.3. The summed E-state index contributed by atoms with van der Waals surface area (Å²) in [7, 11) is 0. The number of carbonyl (C=O) groups is 1. The van der Waals surface area contributed by atoms with Crippen molar-refractivity contribution in [2.24, 2.45) is 0 Å². The largest absolute Gasteiger partial charge is 0.336 e. The predicted molar refractivity (Wildman–Crippen MR) is 78.3 cm³/mol. The molecular weight excluding hydrogens is 346 g/mol. The van der Waals surface area contributed by atoms with Gasteiger partial charge in [0, 0.05) is 21.5 Å². The summed E-state index contributed by atoms with van der Waals surface area (Å²) < 4.78 is 1.76. The minimum Gasteiger partial charge on any atom is -0.336 e. The third-order valence-corrected chi connectivity index (χ3v) is 4.07. The third kappa shape index (κ3) is 3.55. The lowest BCUT2D eigenvalue weighted by molar-refractivity contribution is 0.0699. The Hall–Kier alpha value is -0.350. The van der Waals surface area contributed by atoms with Crippen LogP contribution in [-0.2, 0) is 0 Å². The molecule has 0 radical (unpaired) electrons. The lowest BCUT2D eigenvalue weighted by atomic mass is 10.1. The molecule has 4 heteroatoms. The first-order valence-electron chi connectivity index (χ1n) is 5.77. The Bertz CT molecular complexity index is 406. The second kappa shape index (κ2) is 6.55. The van der Waals surface area contributed by atoms with Crippen molar-refractivity contribution in [2.75, 3.05) is 6.54 Å². The van der Waals surface area contributed by atoms with Gasteiger partial charge < -0.3 is 4.90 Å². The molecule has 0 aromatic heterocycles. The number of nitrogens with zero attached hydrogens (tertiary/aromatic N) is 1. The maximum atomic E-state index is 12.4. The molecule has 1 aromatic carbocycles. The van der Waals surface area contributed by atoms with Gasteiger partial charge in [0.2, 0.25) is 0 Å². The highest BCUT2D eigenvalue weighted by molar-refractivity contribution is 9.11. The molecule has 1 aromatic rings. The average Bonchev–Trinajstić information content (AvgIpc) is 2.32. The van der Waals surface area contributed by atoms with Gasteiger partial charge in [-0.1, -0.05) is 22.9 Å². The number of amides is 1. The molecule has 0 fully saturated rings. The number of carbonyl (C=O) groups excluding carboxylic acids is 1. The molecule has 1 rings (SSSR count).